The molecule has 11 nitrogen and oxygen atoms in total. The molecule has 198 valence electrons. The summed E-state index contributed by atoms with van der Waals surface area (Å²) in [6, 6.07) is -3.68. The van der Waals surface area contributed by atoms with Crippen molar-refractivity contribution < 1.29 is 24.3 Å². The number of rotatable bonds is 19. The Morgan fingerprint density at radius 3 is 1.59 bits per heavy atom. The van der Waals surface area contributed by atoms with Gasteiger partial charge in [0.1, 0.15) is 18.1 Å². The number of hydrogen-bond acceptors (Lipinski definition) is 8. The van der Waals surface area contributed by atoms with Gasteiger partial charge in [-0.2, -0.15) is 11.8 Å². The summed E-state index contributed by atoms with van der Waals surface area (Å²) in [5.74, 6) is -2.24. The van der Waals surface area contributed by atoms with E-state index in [1.807, 2.05) is 20.1 Å². The van der Waals surface area contributed by atoms with E-state index < -0.39 is 47.9 Å². The fourth-order valence-electron chi connectivity index (χ4n) is 3.13. The minimum Gasteiger partial charge on any atom is -0.480 e. The second-order valence-corrected chi connectivity index (χ2v) is 9.63. The van der Waals surface area contributed by atoms with Gasteiger partial charge in [0.2, 0.25) is 17.7 Å². The van der Waals surface area contributed by atoms with Crippen molar-refractivity contribution in [3.63, 3.8) is 0 Å². The van der Waals surface area contributed by atoms with Gasteiger partial charge in [-0.25, -0.2) is 4.79 Å². The minimum absolute atomic E-state index is 0.114. The molecule has 10 N–H and O–H groups in total. The molecule has 0 heterocycles. The van der Waals surface area contributed by atoms with Gasteiger partial charge in [0.05, 0.1) is 6.04 Å². The Kier molecular flexibility index (Phi) is 17.4. The largest absolute Gasteiger partial charge is 0.480 e. The molecular formula is C22H44N6O5S. The summed E-state index contributed by atoms with van der Waals surface area (Å²) in [6.07, 6.45) is 5.23. The van der Waals surface area contributed by atoms with E-state index in [4.69, 9.17) is 17.2 Å². The molecular weight excluding hydrogens is 460 g/mol. The average molecular weight is 505 g/mol. The fourth-order valence-corrected chi connectivity index (χ4v) is 3.60. The third kappa shape index (κ3) is 13.1. The van der Waals surface area contributed by atoms with Crippen LogP contribution in [0.15, 0.2) is 0 Å². The van der Waals surface area contributed by atoms with Crippen LogP contribution in [-0.4, -0.2) is 78.1 Å². The Bertz CT molecular complexity index is 637. The van der Waals surface area contributed by atoms with Crippen LogP contribution in [-0.2, 0) is 19.2 Å². The molecule has 0 radical (unpaired) electrons. The lowest BCUT2D eigenvalue weighted by atomic mass is 10.0. The number of nitrogens with two attached hydrogens (primary N) is 3. The first-order valence-electron chi connectivity index (χ1n) is 11.9. The minimum atomic E-state index is -1.14. The predicted octanol–water partition coefficient (Wildman–Crippen LogP) is -0.480. The summed E-state index contributed by atoms with van der Waals surface area (Å²) in [7, 11) is 0. The summed E-state index contributed by atoms with van der Waals surface area (Å²) in [6.45, 7) is 4.49. The van der Waals surface area contributed by atoms with Gasteiger partial charge in [0.25, 0.3) is 0 Å². The lowest BCUT2D eigenvalue weighted by Gasteiger charge is -2.26. The first-order valence-corrected chi connectivity index (χ1v) is 13.3. The second-order valence-electron chi connectivity index (χ2n) is 8.64. The summed E-state index contributed by atoms with van der Waals surface area (Å²) in [4.78, 5) is 50.0. The third-order valence-electron chi connectivity index (χ3n) is 5.41. The molecule has 0 aliphatic rings. The molecule has 0 saturated heterocycles. The van der Waals surface area contributed by atoms with Gasteiger partial charge < -0.3 is 38.3 Å². The highest BCUT2D eigenvalue weighted by molar-refractivity contribution is 7.98. The van der Waals surface area contributed by atoms with Crippen molar-refractivity contribution in [1.82, 2.24) is 16.0 Å². The second kappa shape index (κ2) is 18.4. The number of unbranched alkanes of at least 4 members (excludes halogenated alkanes) is 2. The van der Waals surface area contributed by atoms with Crippen molar-refractivity contribution in [1.29, 1.82) is 0 Å². The maximum absolute atomic E-state index is 13.1. The zero-order valence-electron chi connectivity index (χ0n) is 20.7. The van der Waals surface area contributed by atoms with Crippen LogP contribution in [0.25, 0.3) is 0 Å². The van der Waals surface area contributed by atoms with Crippen molar-refractivity contribution in [2.45, 2.75) is 83.0 Å². The molecule has 4 atom stereocenters. The van der Waals surface area contributed by atoms with Gasteiger partial charge in [0, 0.05) is 0 Å². The molecule has 0 aromatic rings. The summed E-state index contributed by atoms with van der Waals surface area (Å²) >= 11 is 1.48. The molecule has 0 aromatic heterocycles. The van der Waals surface area contributed by atoms with E-state index in [0.29, 0.717) is 57.4 Å². The number of carboxylic acid groups (broad SMARTS) is 1. The van der Waals surface area contributed by atoms with E-state index in [1.54, 1.807) is 0 Å². The Balaban J connectivity index is 5.47. The van der Waals surface area contributed by atoms with Crippen LogP contribution < -0.4 is 33.2 Å². The third-order valence-corrected chi connectivity index (χ3v) is 6.05. The van der Waals surface area contributed by atoms with Gasteiger partial charge in [-0.3, -0.25) is 14.4 Å². The number of thioether (sulfide) groups is 1. The molecule has 0 aliphatic heterocycles. The highest BCUT2D eigenvalue weighted by Crippen LogP contribution is 2.08. The van der Waals surface area contributed by atoms with Crippen molar-refractivity contribution in [2.75, 3.05) is 25.1 Å². The lowest BCUT2D eigenvalue weighted by molar-refractivity contribution is -0.142. The number of carboxylic acids is 1. The van der Waals surface area contributed by atoms with E-state index in [9.17, 15) is 24.3 Å². The van der Waals surface area contributed by atoms with Gasteiger partial charge in [-0.1, -0.05) is 13.8 Å². The first kappa shape index (κ1) is 32.1. The number of amides is 3. The van der Waals surface area contributed by atoms with Gasteiger partial charge in [-0.05, 0) is 76.0 Å². The Labute approximate surface area is 207 Å². The number of aliphatic carboxylic acids is 1. The zero-order valence-corrected chi connectivity index (χ0v) is 21.5. The number of carbonyl (C=O) groups excluding carboxylic acids is 3. The predicted molar refractivity (Wildman–Crippen MR) is 135 cm³/mol. The maximum Gasteiger partial charge on any atom is 0.326 e. The first-order chi connectivity index (χ1) is 16.1. The van der Waals surface area contributed by atoms with Crippen LogP contribution in [0.2, 0.25) is 0 Å². The molecule has 3 amide bonds. The molecule has 0 saturated carbocycles. The lowest BCUT2D eigenvalue weighted by Crippen LogP contribution is -2.57. The average Bonchev–Trinajstić information content (AvgIpc) is 2.79. The van der Waals surface area contributed by atoms with Crippen LogP contribution in [0.3, 0.4) is 0 Å². The van der Waals surface area contributed by atoms with Crippen molar-refractivity contribution in [3.05, 3.63) is 0 Å². The normalized spacial score (nSPS) is 14.7. The number of nitrogens with one attached hydrogen (secondary N) is 3. The molecule has 34 heavy (non-hydrogen) atoms. The van der Waals surface area contributed by atoms with Crippen LogP contribution in [0.4, 0.5) is 0 Å². The smallest absolute Gasteiger partial charge is 0.326 e. The Hall–Kier alpha value is -1.89. The van der Waals surface area contributed by atoms with E-state index in [0.717, 1.165) is 0 Å². The monoisotopic (exact) mass is 504 g/mol. The molecule has 0 fully saturated rings. The maximum atomic E-state index is 13.1. The topological polar surface area (TPSA) is 203 Å². The van der Waals surface area contributed by atoms with E-state index in [-0.39, 0.29) is 12.3 Å². The SMILES string of the molecule is CSCCC(NC(=O)C(CCCCN)NC(=O)C(CCCCN)NC(=O)C(N)C(C)C)C(=O)O. The molecule has 0 aromatic carbocycles. The number of carbonyl (C=O) groups is 4. The quantitative estimate of drug-likeness (QED) is 0.113. The molecule has 0 rings (SSSR count). The molecule has 0 spiro atoms. The zero-order chi connectivity index (χ0) is 26.1. The van der Waals surface area contributed by atoms with Crippen molar-refractivity contribution in [2.24, 2.45) is 23.1 Å². The molecule has 4 unspecified atom stereocenters. The summed E-state index contributed by atoms with van der Waals surface area (Å²) < 4.78 is 0. The summed E-state index contributed by atoms with van der Waals surface area (Å²) in [5, 5.41) is 17.4. The highest BCUT2D eigenvalue weighted by atomic mass is 32.2. The fraction of sp³-hybridized carbons (Fsp3) is 0.818. The summed E-state index contributed by atoms with van der Waals surface area (Å²) in [5.41, 5.74) is 17.0. The highest BCUT2D eigenvalue weighted by Gasteiger charge is 2.30. The van der Waals surface area contributed by atoms with Crippen molar-refractivity contribution in [3.8, 4) is 0 Å². The standard InChI is InChI=1S/C22H44N6O5S/c1-14(2)18(25)21(31)27-16(9-5-7-12-24)19(29)26-15(8-4-6-11-23)20(30)28-17(22(32)33)10-13-34-3/h14-18H,4-13,23-25H2,1-3H3,(H,26,29)(H,27,31)(H,28,30)(H,32,33). The Morgan fingerprint density at radius 2 is 1.21 bits per heavy atom. The van der Waals surface area contributed by atoms with Crippen LogP contribution in [0.1, 0.15) is 58.8 Å². The van der Waals surface area contributed by atoms with E-state index in [1.165, 1.54) is 11.8 Å². The number of hydrogen-bond donors (Lipinski definition) is 7. The van der Waals surface area contributed by atoms with Gasteiger partial charge in [-0.15, -0.1) is 0 Å². The molecule has 0 aliphatic carbocycles. The van der Waals surface area contributed by atoms with Crippen molar-refractivity contribution >= 4 is 35.5 Å². The molecule has 12 heteroatoms. The van der Waals surface area contributed by atoms with Crippen LogP contribution in [0, 0.1) is 5.92 Å². The van der Waals surface area contributed by atoms with E-state index in [2.05, 4.69) is 16.0 Å². The van der Waals surface area contributed by atoms with Crippen LogP contribution in [0.5, 0.6) is 0 Å². The molecule has 0 bridgehead atoms. The Morgan fingerprint density at radius 1 is 0.765 bits per heavy atom. The van der Waals surface area contributed by atoms with Gasteiger partial charge in [0.15, 0.2) is 0 Å². The van der Waals surface area contributed by atoms with Crippen LogP contribution >= 0.6 is 11.8 Å². The van der Waals surface area contributed by atoms with Gasteiger partial charge >= 0.3 is 5.97 Å². The van der Waals surface area contributed by atoms with E-state index >= 15 is 0 Å².